The fourth-order valence-electron chi connectivity index (χ4n) is 4.00. The first-order valence-electron chi connectivity index (χ1n) is 10.6. The molecule has 0 amide bonds. The van der Waals surface area contributed by atoms with Crippen molar-refractivity contribution in [2.24, 2.45) is 5.92 Å². The Balaban J connectivity index is 1.40. The Hall–Kier alpha value is -2.83. The quantitative estimate of drug-likeness (QED) is 0.412. The Bertz CT molecular complexity index is 1020. The number of aliphatic hydroxyl groups excluding tert-OH is 1. The van der Waals surface area contributed by atoms with Gasteiger partial charge in [0.15, 0.2) is 6.29 Å². The van der Waals surface area contributed by atoms with Crippen molar-refractivity contribution in [2.75, 3.05) is 0 Å². The highest BCUT2D eigenvalue weighted by atomic mass is 19.4. The molecule has 0 heterocycles. The summed E-state index contributed by atoms with van der Waals surface area (Å²) in [6, 6.07) is 20.4. The van der Waals surface area contributed by atoms with Crippen molar-refractivity contribution in [3.63, 3.8) is 0 Å². The maximum Gasteiger partial charge on any atom is 0.416 e. The van der Waals surface area contributed by atoms with Crippen LogP contribution in [0.3, 0.4) is 0 Å². The van der Waals surface area contributed by atoms with Crippen molar-refractivity contribution in [1.82, 2.24) is 0 Å². The first-order valence-corrected chi connectivity index (χ1v) is 10.6. The van der Waals surface area contributed by atoms with Crippen LogP contribution >= 0.6 is 0 Å². The molecule has 3 nitrogen and oxygen atoms in total. The van der Waals surface area contributed by atoms with Gasteiger partial charge in [0.05, 0.1) is 5.56 Å². The molecule has 0 radical (unpaired) electrons. The molecular weight excluding hydrogens is 417 g/mol. The lowest BCUT2D eigenvalue weighted by Crippen LogP contribution is -2.13. The summed E-state index contributed by atoms with van der Waals surface area (Å²) in [7, 11) is 0. The molecule has 3 aromatic carbocycles. The van der Waals surface area contributed by atoms with Gasteiger partial charge in [-0.1, -0.05) is 42.5 Å². The zero-order chi connectivity index (χ0) is 22.7. The minimum absolute atomic E-state index is 0.143. The van der Waals surface area contributed by atoms with E-state index in [0.29, 0.717) is 30.3 Å². The Morgan fingerprint density at radius 1 is 0.875 bits per heavy atom. The van der Waals surface area contributed by atoms with Gasteiger partial charge >= 0.3 is 6.18 Å². The van der Waals surface area contributed by atoms with Crippen LogP contribution in [0.15, 0.2) is 72.8 Å². The second kappa shape index (κ2) is 9.35. The molecule has 1 saturated carbocycles. The van der Waals surface area contributed by atoms with Crippen LogP contribution in [0, 0.1) is 5.92 Å². The molecule has 1 aliphatic rings. The predicted molar refractivity (Wildman–Crippen MR) is 116 cm³/mol. The number of benzene rings is 3. The Labute approximate surface area is 185 Å². The lowest BCUT2D eigenvalue weighted by atomic mass is 9.91. The molecule has 2 N–H and O–H groups in total. The molecule has 1 fully saturated rings. The largest absolute Gasteiger partial charge is 0.489 e. The van der Waals surface area contributed by atoms with E-state index in [-0.39, 0.29) is 5.92 Å². The van der Waals surface area contributed by atoms with Crippen molar-refractivity contribution >= 4 is 0 Å². The number of aliphatic hydroxyl groups is 2. The monoisotopic (exact) mass is 442 g/mol. The topological polar surface area (TPSA) is 49.7 Å². The smallest absolute Gasteiger partial charge is 0.416 e. The van der Waals surface area contributed by atoms with Crippen LogP contribution in [0.4, 0.5) is 13.2 Å². The van der Waals surface area contributed by atoms with Gasteiger partial charge in [0.1, 0.15) is 12.4 Å². The lowest BCUT2D eigenvalue weighted by molar-refractivity contribution is -0.137. The van der Waals surface area contributed by atoms with Crippen LogP contribution < -0.4 is 4.74 Å². The highest BCUT2D eigenvalue weighted by molar-refractivity contribution is 5.64. The van der Waals surface area contributed by atoms with E-state index >= 15 is 0 Å². The average Bonchev–Trinajstić information content (AvgIpc) is 3.61. The van der Waals surface area contributed by atoms with Gasteiger partial charge < -0.3 is 14.9 Å². The maximum atomic E-state index is 12.8. The van der Waals surface area contributed by atoms with Gasteiger partial charge in [0.2, 0.25) is 0 Å². The van der Waals surface area contributed by atoms with Gasteiger partial charge in [-0.3, -0.25) is 0 Å². The van der Waals surface area contributed by atoms with Crippen molar-refractivity contribution < 1.29 is 28.1 Å². The second-order valence-corrected chi connectivity index (χ2v) is 8.29. The molecule has 6 heteroatoms. The Morgan fingerprint density at radius 3 is 2.16 bits per heavy atom. The highest BCUT2D eigenvalue weighted by Crippen LogP contribution is 2.45. The Morgan fingerprint density at radius 2 is 1.56 bits per heavy atom. The van der Waals surface area contributed by atoms with E-state index in [9.17, 15) is 23.4 Å². The van der Waals surface area contributed by atoms with Crippen molar-refractivity contribution in [3.8, 4) is 16.9 Å². The number of rotatable bonds is 8. The van der Waals surface area contributed by atoms with Gasteiger partial charge in [-0.15, -0.1) is 0 Å². The van der Waals surface area contributed by atoms with E-state index in [1.807, 2.05) is 48.5 Å². The molecule has 0 aromatic heterocycles. The summed E-state index contributed by atoms with van der Waals surface area (Å²) in [6.45, 7) is 0.329. The van der Waals surface area contributed by atoms with Crippen LogP contribution in [-0.2, 0) is 12.8 Å². The lowest BCUT2D eigenvalue weighted by Gasteiger charge is -2.18. The molecular formula is C26H25F3O3. The molecule has 0 spiro atoms. The number of hydrogen-bond acceptors (Lipinski definition) is 3. The molecule has 1 atom stereocenters. The molecule has 1 unspecified atom stereocenters. The van der Waals surface area contributed by atoms with Crippen LogP contribution in [0.25, 0.3) is 11.1 Å². The summed E-state index contributed by atoms with van der Waals surface area (Å²) in [5, 5.41) is 18.7. The third kappa shape index (κ3) is 5.69. The summed E-state index contributed by atoms with van der Waals surface area (Å²) >= 11 is 0. The van der Waals surface area contributed by atoms with Gasteiger partial charge in [-0.05, 0) is 77.3 Å². The minimum atomic E-state index is -4.35. The summed E-state index contributed by atoms with van der Waals surface area (Å²) in [4.78, 5) is 0. The average molecular weight is 442 g/mol. The van der Waals surface area contributed by atoms with Crippen molar-refractivity contribution in [2.45, 2.75) is 44.3 Å². The van der Waals surface area contributed by atoms with Crippen LogP contribution in [0.1, 0.15) is 41.9 Å². The molecule has 1 aliphatic carbocycles. The number of hydrogen-bond donors (Lipinski definition) is 2. The normalized spacial score (nSPS) is 15.1. The van der Waals surface area contributed by atoms with Crippen LogP contribution in [0.2, 0.25) is 0 Å². The minimum Gasteiger partial charge on any atom is -0.489 e. The SMILES string of the molecule is OC(O)CC(c1ccc(OCc2cccc(-c3ccc(C(F)(F)F)cc3)c2)cc1)C1CC1. The zero-order valence-electron chi connectivity index (χ0n) is 17.4. The third-order valence-electron chi connectivity index (χ3n) is 5.84. The molecule has 0 aliphatic heterocycles. The van der Waals surface area contributed by atoms with Crippen LogP contribution in [-0.4, -0.2) is 16.5 Å². The number of alkyl halides is 3. The maximum absolute atomic E-state index is 12.8. The fraction of sp³-hybridized carbons (Fsp3) is 0.308. The summed E-state index contributed by atoms with van der Waals surface area (Å²) < 4.78 is 44.2. The zero-order valence-corrected chi connectivity index (χ0v) is 17.4. The van der Waals surface area contributed by atoms with Crippen LogP contribution in [0.5, 0.6) is 5.75 Å². The highest BCUT2D eigenvalue weighted by Gasteiger charge is 2.33. The molecule has 168 valence electrons. The third-order valence-corrected chi connectivity index (χ3v) is 5.84. The first-order chi connectivity index (χ1) is 15.3. The first kappa shape index (κ1) is 22.4. The Kier molecular flexibility index (Phi) is 6.53. The van der Waals surface area contributed by atoms with Gasteiger partial charge in [-0.25, -0.2) is 0 Å². The van der Waals surface area contributed by atoms with E-state index in [4.69, 9.17) is 4.74 Å². The molecule has 0 bridgehead atoms. The molecule has 32 heavy (non-hydrogen) atoms. The molecule has 4 rings (SSSR count). The van der Waals surface area contributed by atoms with Gasteiger partial charge in [0.25, 0.3) is 0 Å². The molecule has 0 saturated heterocycles. The number of halogens is 3. The van der Waals surface area contributed by atoms with Gasteiger partial charge in [-0.2, -0.15) is 13.2 Å². The van der Waals surface area contributed by atoms with Crippen molar-refractivity contribution in [1.29, 1.82) is 0 Å². The number of ether oxygens (including phenoxy) is 1. The fourth-order valence-corrected chi connectivity index (χ4v) is 4.00. The van der Waals surface area contributed by atoms with E-state index in [1.54, 1.807) is 0 Å². The van der Waals surface area contributed by atoms with E-state index < -0.39 is 18.0 Å². The summed E-state index contributed by atoms with van der Waals surface area (Å²) in [5.41, 5.74) is 2.86. The van der Waals surface area contributed by atoms with Gasteiger partial charge in [0, 0.05) is 6.42 Å². The van der Waals surface area contributed by atoms with E-state index in [0.717, 1.165) is 41.7 Å². The second-order valence-electron chi connectivity index (χ2n) is 8.29. The standard InChI is InChI=1S/C26H25F3O3/c27-26(28,29)22-10-6-18(7-11-22)21-3-1-2-17(14-21)16-32-23-12-8-20(9-13-23)24(15-25(30)31)19-4-5-19/h1-3,6-14,19,24-25,30-31H,4-5,15-16H2. The summed E-state index contributed by atoms with van der Waals surface area (Å²) in [5.74, 6) is 1.36. The van der Waals surface area contributed by atoms with E-state index in [1.165, 1.54) is 12.1 Å². The van der Waals surface area contributed by atoms with E-state index in [2.05, 4.69) is 0 Å². The molecule has 3 aromatic rings. The predicted octanol–water partition coefficient (Wildman–Crippen LogP) is 6.15. The summed E-state index contributed by atoms with van der Waals surface area (Å²) in [6.07, 6.45) is -3.09. The van der Waals surface area contributed by atoms with Crippen molar-refractivity contribution in [3.05, 3.63) is 89.5 Å².